The maximum atomic E-state index is 11.9. The molecule has 1 unspecified atom stereocenters. The van der Waals surface area contributed by atoms with Crippen LogP contribution in [0.1, 0.15) is 19.3 Å². The summed E-state index contributed by atoms with van der Waals surface area (Å²) in [5, 5.41) is 2.53. The Hall–Kier alpha value is -1.03. The van der Waals surface area contributed by atoms with Crippen LogP contribution in [0.2, 0.25) is 0 Å². The SMILES string of the molecule is COc1cccc(NC(N)=NCC2CCCCS2(=O)=O)c1.I. The summed E-state index contributed by atoms with van der Waals surface area (Å²) in [5.41, 5.74) is 6.56. The summed E-state index contributed by atoms with van der Waals surface area (Å²) in [5.74, 6) is 1.18. The number of nitrogens with two attached hydrogens (primary N) is 1. The molecule has 2 rings (SSSR count). The molecule has 1 aromatic carbocycles. The number of nitrogens with zero attached hydrogens (tertiary/aromatic N) is 1. The van der Waals surface area contributed by atoms with Gasteiger partial charge in [-0.2, -0.15) is 0 Å². The van der Waals surface area contributed by atoms with Crippen LogP contribution in [0.25, 0.3) is 0 Å². The van der Waals surface area contributed by atoms with E-state index in [-0.39, 0.29) is 42.2 Å². The Bertz CT molecular complexity index is 620. The Morgan fingerprint density at radius 3 is 2.91 bits per heavy atom. The molecule has 22 heavy (non-hydrogen) atoms. The normalized spacial score (nSPS) is 20.8. The van der Waals surface area contributed by atoms with E-state index in [1.165, 1.54) is 0 Å². The third kappa shape index (κ3) is 5.31. The molecule has 1 aromatic rings. The first-order valence-electron chi connectivity index (χ1n) is 6.94. The van der Waals surface area contributed by atoms with Crippen molar-refractivity contribution in [3.63, 3.8) is 0 Å². The highest BCUT2D eigenvalue weighted by atomic mass is 127. The Balaban J connectivity index is 0.00000242. The highest BCUT2D eigenvalue weighted by molar-refractivity contribution is 14.0. The van der Waals surface area contributed by atoms with E-state index in [0.29, 0.717) is 12.2 Å². The van der Waals surface area contributed by atoms with E-state index in [0.717, 1.165) is 18.5 Å². The van der Waals surface area contributed by atoms with Gasteiger partial charge >= 0.3 is 0 Å². The zero-order valence-electron chi connectivity index (χ0n) is 12.5. The Morgan fingerprint density at radius 1 is 1.45 bits per heavy atom. The molecular formula is C14H22IN3O3S. The van der Waals surface area contributed by atoms with Crippen molar-refractivity contribution in [1.82, 2.24) is 0 Å². The van der Waals surface area contributed by atoms with Gasteiger partial charge in [0.05, 0.1) is 24.7 Å². The van der Waals surface area contributed by atoms with Crippen LogP contribution in [0, 0.1) is 0 Å². The molecule has 0 amide bonds. The molecule has 1 heterocycles. The number of hydrogen-bond acceptors (Lipinski definition) is 4. The predicted molar refractivity (Wildman–Crippen MR) is 99.9 cm³/mol. The predicted octanol–water partition coefficient (Wildman–Crippen LogP) is 2.01. The van der Waals surface area contributed by atoms with E-state index in [1.807, 2.05) is 18.2 Å². The average Bonchev–Trinajstić information content (AvgIpc) is 2.46. The molecule has 3 N–H and O–H groups in total. The van der Waals surface area contributed by atoms with Crippen LogP contribution in [0.4, 0.5) is 5.69 Å². The third-order valence-electron chi connectivity index (χ3n) is 3.52. The molecule has 1 aliphatic rings. The number of ether oxygens (including phenoxy) is 1. The lowest BCUT2D eigenvalue weighted by atomic mass is 10.2. The van der Waals surface area contributed by atoms with E-state index in [1.54, 1.807) is 13.2 Å². The third-order valence-corrected chi connectivity index (χ3v) is 5.78. The molecule has 0 aromatic heterocycles. The van der Waals surface area contributed by atoms with Gasteiger partial charge in [-0.05, 0) is 25.0 Å². The van der Waals surface area contributed by atoms with Gasteiger partial charge in [0.15, 0.2) is 15.8 Å². The number of sulfone groups is 1. The van der Waals surface area contributed by atoms with Gasteiger partial charge in [0, 0.05) is 11.8 Å². The van der Waals surface area contributed by atoms with Gasteiger partial charge in [0.1, 0.15) is 5.75 Å². The second-order valence-electron chi connectivity index (χ2n) is 5.07. The number of methoxy groups -OCH3 is 1. The zero-order chi connectivity index (χ0) is 15.3. The number of nitrogens with one attached hydrogen (secondary N) is 1. The van der Waals surface area contributed by atoms with E-state index in [9.17, 15) is 8.42 Å². The molecule has 1 aliphatic heterocycles. The lowest BCUT2D eigenvalue weighted by molar-refractivity contribution is 0.415. The van der Waals surface area contributed by atoms with Gasteiger partial charge in [-0.15, -0.1) is 24.0 Å². The minimum Gasteiger partial charge on any atom is -0.497 e. The Morgan fingerprint density at radius 2 is 2.23 bits per heavy atom. The molecule has 0 radical (unpaired) electrons. The van der Waals surface area contributed by atoms with Gasteiger partial charge in [0.2, 0.25) is 0 Å². The summed E-state index contributed by atoms with van der Waals surface area (Å²) in [6.07, 6.45) is 2.35. The number of benzene rings is 1. The van der Waals surface area contributed by atoms with E-state index < -0.39 is 15.1 Å². The summed E-state index contributed by atoms with van der Waals surface area (Å²) in [6, 6.07) is 7.29. The molecule has 0 aliphatic carbocycles. The van der Waals surface area contributed by atoms with Gasteiger partial charge in [-0.25, -0.2) is 8.42 Å². The first kappa shape index (κ1) is 19.0. The summed E-state index contributed by atoms with van der Waals surface area (Å²) in [7, 11) is -1.43. The zero-order valence-corrected chi connectivity index (χ0v) is 15.6. The second-order valence-corrected chi connectivity index (χ2v) is 7.47. The molecule has 1 fully saturated rings. The first-order chi connectivity index (χ1) is 10.0. The smallest absolute Gasteiger partial charge is 0.193 e. The van der Waals surface area contributed by atoms with E-state index >= 15 is 0 Å². The van der Waals surface area contributed by atoms with Crippen molar-refractivity contribution in [2.45, 2.75) is 24.5 Å². The Kier molecular flexibility index (Phi) is 7.40. The maximum Gasteiger partial charge on any atom is 0.193 e. The largest absolute Gasteiger partial charge is 0.497 e. The monoisotopic (exact) mass is 439 g/mol. The maximum absolute atomic E-state index is 11.9. The van der Waals surface area contributed by atoms with Crippen molar-refractivity contribution in [3.8, 4) is 5.75 Å². The van der Waals surface area contributed by atoms with Gasteiger partial charge in [-0.1, -0.05) is 12.5 Å². The highest BCUT2D eigenvalue weighted by Gasteiger charge is 2.28. The molecule has 6 nitrogen and oxygen atoms in total. The van der Waals surface area contributed by atoms with Crippen LogP contribution in [0.15, 0.2) is 29.3 Å². The fourth-order valence-corrected chi connectivity index (χ4v) is 4.08. The quantitative estimate of drug-likeness (QED) is 0.425. The lowest BCUT2D eigenvalue weighted by Gasteiger charge is -2.20. The second kappa shape index (κ2) is 8.56. The molecule has 0 bridgehead atoms. The van der Waals surface area contributed by atoms with Crippen molar-refractivity contribution < 1.29 is 13.2 Å². The molecule has 0 saturated carbocycles. The van der Waals surface area contributed by atoms with Crippen molar-refractivity contribution in [1.29, 1.82) is 0 Å². The van der Waals surface area contributed by atoms with Crippen molar-refractivity contribution >= 4 is 45.5 Å². The molecule has 1 saturated heterocycles. The molecule has 8 heteroatoms. The first-order valence-corrected chi connectivity index (χ1v) is 8.65. The van der Waals surface area contributed by atoms with Crippen LogP contribution in [0.3, 0.4) is 0 Å². The van der Waals surface area contributed by atoms with Crippen LogP contribution in [-0.4, -0.2) is 39.0 Å². The fraction of sp³-hybridized carbons (Fsp3) is 0.500. The highest BCUT2D eigenvalue weighted by Crippen LogP contribution is 2.20. The molecule has 124 valence electrons. The number of rotatable bonds is 4. The van der Waals surface area contributed by atoms with Crippen molar-refractivity contribution in [3.05, 3.63) is 24.3 Å². The van der Waals surface area contributed by atoms with E-state index in [4.69, 9.17) is 10.5 Å². The van der Waals surface area contributed by atoms with Gasteiger partial charge < -0.3 is 15.8 Å². The Labute approximate surface area is 148 Å². The summed E-state index contributed by atoms with van der Waals surface area (Å²) in [6.45, 7) is 0.213. The van der Waals surface area contributed by atoms with Gasteiger partial charge in [-0.3, -0.25) is 4.99 Å². The standard InChI is InChI=1S/C14H21N3O3S.HI/c1-20-12-6-4-5-11(9-12)17-14(15)16-10-13-7-2-3-8-21(13,18)19;/h4-6,9,13H,2-3,7-8,10H2,1H3,(H3,15,16,17);1H. The summed E-state index contributed by atoms with van der Waals surface area (Å²) in [4.78, 5) is 4.16. The van der Waals surface area contributed by atoms with Crippen LogP contribution in [0.5, 0.6) is 5.75 Å². The number of hydrogen-bond donors (Lipinski definition) is 2. The minimum absolute atomic E-state index is 0. The lowest BCUT2D eigenvalue weighted by Crippen LogP contribution is -2.32. The molecule has 0 spiro atoms. The van der Waals surface area contributed by atoms with Crippen LogP contribution >= 0.6 is 24.0 Å². The summed E-state index contributed by atoms with van der Waals surface area (Å²) < 4.78 is 28.9. The topological polar surface area (TPSA) is 93.8 Å². The number of anilines is 1. The number of aliphatic imine (C=N–C) groups is 1. The number of guanidine groups is 1. The van der Waals surface area contributed by atoms with Gasteiger partial charge in [0.25, 0.3) is 0 Å². The van der Waals surface area contributed by atoms with Crippen molar-refractivity contribution in [2.24, 2.45) is 10.7 Å². The molecule has 1 atom stereocenters. The number of halogens is 1. The minimum atomic E-state index is -3.01. The van der Waals surface area contributed by atoms with Crippen LogP contribution < -0.4 is 15.8 Å². The fourth-order valence-electron chi connectivity index (χ4n) is 2.31. The molecular weight excluding hydrogens is 417 g/mol. The summed E-state index contributed by atoms with van der Waals surface area (Å²) >= 11 is 0. The van der Waals surface area contributed by atoms with Crippen LogP contribution in [-0.2, 0) is 9.84 Å². The van der Waals surface area contributed by atoms with Crippen molar-refractivity contribution in [2.75, 3.05) is 24.7 Å². The average molecular weight is 439 g/mol. The van der Waals surface area contributed by atoms with E-state index in [2.05, 4.69) is 10.3 Å².